The highest BCUT2D eigenvalue weighted by Gasteiger charge is 2.46. The van der Waals surface area contributed by atoms with Crippen molar-refractivity contribution < 1.29 is 19.2 Å². The molecule has 4 fully saturated rings. The summed E-state index contributed by atoms with van der Waals surface area (Å²) in [6.07, 6.45) is 5.50. The van der Waals surface area contributed by atoms with Gasteiger partial charge in [-0.25, -0.2) is 4.79 Å². The lowest BCUT2D eigenvalue weighted by molar-refractivity contribution is -0.145. The molecule has 4 rings (SSSR count). The molecular weight excluding hydrogens is 324 g/mol. The van der Waals surface area contributed by atoms with Gasteiger partial charge in [-0.1, -0.05) is 0 Å². The minimum absolute atomic E-state index is 0.0261. The molecule has 25 heavy (non-hydrogen) atoms. The van der Waals surface area contributed by atoms with Crippen molar-refractivity contribution >= 4 is 23.8 Å². The van der Waals surface area contributed by atoms with Crippen LogP contribution in [0.4, 0.5) is 4.79 Å². The summed E-state index contributed by atoms with van der Waals surface area (Å²) in [5.74, 6) is -0.288. The molecule has 136 valence electrons. The van der Waals surface area contributed by atoms with E-state index in [9.17, 15) is 19.2 Å². The summed E-state index contributed by atoms with van der Waals surface area (Å²) in [5.41, 5.74) is -0.0261. The molecule has 3 saturated heterocycles. The Kier molecular flexibility index (Phi) is 3.92. The van der Waals surface area contributed by atoms with Crippen molar-refractivity contribution in [2.24, 2.45) is 5.41 Å². The minimum atomic E-state index is -0.492. The molecule has 3 aliphatic heterocycles. The van der Waals surface area contributed by atoms with Gasteiger partial charge in [-0.3, -0.25) is 19.3 Å². The Morgan fingerprint density at radius 1 is 1.12 bits per heavy atom. The zero-order valence-electron chi connectivity index (χ0n) is 14.3. The molecule has 0 unspecified atom stereocenters. The third kappa shape index (κ3) is 3.09. The first-order valence-electron chi connectivity index (χ1n) is 9.13. The molecule has 0 bridgehead atoms. The lowest BCUT2D eigenvalue weighted by Gasteiger charge is -2.48. The molecule has 1 aliphatic carbocycles. The van der Waals surface area contributed by atoms with Gasteiger partial charge in [0.2, 0.25) is 11.8 Å². The minimum Gasteiger partial charge on any atom is -0.341 e. The number of carbonyl (C=O) groups is 4. The standard InChI is InChI=1S/C17H24N4O4/c22-13-4-6-17(11-21(13)12-2-3-12)5-1-7-19(10-17)15(24)9-20-14(23)8-18-16(20)25/h12H,1-11H2,(H,18,25)/t17-/m1/s1. The lowest BCUT2D eigenvalue weighted by atomic mass is 9.73. The number of carbonyl (C=O) groups excluding carboxylic acids is 4. The summed E-state index contributed by atoms with van der Waals surface area (Å²) >= 11 is 0. The molecule has 0 aromatic rings. The molecule has 3 heterocycles. The number of amides is 5. The van der Waals surface area contributed by atoms with Crippen molar-refractivity contribution in [1.29, 1.82) is 0 Å². The van der Waals surface area contributed by atoms with Gasteiger partial charge in [0, 0.05) is 37.5 Å². The van der Waals surface area contributed by atoms with Gasteiger partial charge in [0.1, 0.15) is 6.54 Å². The molecule has 8 heteroatoms. The predicted octanol–water partition coefficient (Wildman–Crippen LogP) is -0.0682. The quantitative estimate of drug-likeness (QED) is 0.723. The third-order valence-electron chi connectivity index (χ3n) is 5.93. The second kappa shape index (κ2) is 6.00. The van der Waals surface area contributed by atoms with Crippen molar-refractivity contribution in [3.8, 4) is 0 Å². The number of rotatable bonds is 3. The van der Waals surface area contributed by atoms with Crippen LogP contribution in [-0.2, 0) is 14.4 Å². The second-order valence-electron chi connectivity index (χ2n) is 7.81. The molecule has 1 N–H and O–H groups in total. The number of imide groups is 1. The highest BCUT2D eigenvalue weighted by molar-refractivity contribution is 6.04. The van der Waals surface area contributed by atoms with Crippen molar-refractivity contribution in [2.75, 3.05) is 32.7 Å². The van der Waals surface area contributed by atoms with Gasteiger partial charge in [0.05, 0.1) is 6.54 Å². The highest BCUT2D eigenvalue weighted by atomic mass is 16.2. The normalized spacial score (nSPS) is 30.2. The average Bonchev–Trinajstić information content (AvgIpc) is 3.40. The van der Waals surface area contributed by atoms with Gasteiger partial charge in [0.15, 0.2) is 0 Å². The number of hydrogen-bond donors (Lipinski definition) is 1. The van der Waals surface area contributed by atoms with E-state index in [4.69, 9.17) is 0 Å². The zero-order valence-corrected chi connectivity index (χ0v) is 14.3. The molecule has 1 atom stereocenters. The van der Waals surface area contributed by atoms with E-state index in [0.29, 0.717) is 25.6 Å². The van der Waals surface area contributed by atoms with Crippen LogP contribution < -0.4 is 5.32 Å². The van der Waals surface area contributed by atoms with Crippen LogP contribution in [0.25, 0.3) is 0 Å². The highest BCUT2D eigenvalue weighted by Crippen LogP contribution is 2.42. The maximum Gasteiger partial charge on any atom is 0.325 e. The van der Waals surface area contributed by atoms with Crippen LogP contribution in [0.5, 0.6) is 0 Å². The summed E-state index contributed by atoms with van der Waals surface area (Å²) in [5, 5.41) is 2.44. The number of hydrogen-bond acceptors (Lipinski definition) is 4. The molecule has 8 nitrogen and oxygen atoms in total. The van der Waals surface area contributed by atoms with E-state index < -0.39 is 6.03 Å². The van der Waals surface area contributed by atoms with Gasteiger partial charge in [0.25, 0.3) is 5.91 Å². The van der Waals surface area contributed by atoms with Crippen LogP contribution >= 0.6 is 0 Å². The van der Waals surface area contributed by atoms with Crippen LogP contribution in [0.15, 0.2) is 0 Å². The number of nitrogens with one attached hydrogen (secondary N) is 1. The van der Waals surface area contributed by atoms with Crippen LogP contribution in [0.3, 0.4) is 0 Å². The summed E-state index contributed by atoms with van der Waals surface area (Å²) in [6, 6.07) is -0.0880. The van der Waals surface area contributed by atoms with Gasteiger partial charge < -0.3 is 15.1 Å². The fourth-order valence-electron chi connectivity index (χ4n) is 4.37. The fraction of sp³-hybridized carbons (Fsp3) is 0.765. The number of piperidine rings is 2. The summed E-state index contributed by atoms with van der Waals surface area (Å²) in [4.78, 5) is 52.9. The van der Waals surface area contributed by atoms with Crippen LogP contribution in [-0.4, -0.2) is 77.2 Å². The Morgan fingerprint density at radius 3 is 2.60 bits per heavy atom. The largest absolute Gasteiger partial charge is 0.341 e. The first-order chi connectivity index (χ1) is 12.0. The van der Waals surface area contributed by atoms with Gasteiger partial charge in [-0.2, -0.15) is 0 Å². The van der Waals surface area contributed by atoms with Crippen molar-refractivity contribution in [3.05, 3.63) is 0 Å². The Balaban J connectivity index is 1.42. The van der Waals surface area contributed by atoms with Gasteiger partial charge >= 0.3 is 6.03 Å². The van der Waals surface area contributed by atoms with E-state index in [0.717, 1.165) is 43.5 Å². The first-order valence-corrected chi connectivity index (χ1v) is 9.13. The Bertz CT molecular complexity index is 616. The topological polar surface area (TPSA) is 90.0 Å². The SMILES string of the molecule is O=C(CN1C(=O)CNC1=O)N1CCC[C@@]2(CCC(=O)N(C3CC3)C2)C1. The van der Waals surface area contributed by atoms with Crippen molar-refractivity contribution in [3.63, 3.8) is 0 Å². The molecule has 0 aromatic heterocycles. The molecule has 0 radical (unpaired) electrons. The molecule has 5 amide bonds. The number of likely N-dealkylation sites (tertiary alicyclic amines) is 2. The zero-order chi connectivity index (χ0) is 17.6. The van der Waals surface area contributed by atoms with Crippen LogP contribution in [0, 0.1) is 5.41 Å². The first kappa shape index (κ1) is 16.4. The molecule has 0 aromatic carbocycles. The van der Waals surface area contributed by atoms with Crippen molar-refractivity contribution in [1.82, 2.24) is 20.0 Å². The Morgan fingerprint density at radius 2 is 1.92 bits per heavy atom. The smallest absolute Gasteiger partial charge is 0.325 e. The molecule has 1 saturated carbocycles. The van der Waals surface area contributed by atoms with E-state index in [-0.39, 0.29) is 36.2 Å². The number of urea groups is 1. The summed E-state index contributed by atoms with van der Waals surface area (Å²) in [7, 11) is 0. The van der Waals surface area contributed by atoms with Crippen LogP contribution in [0.2, 0.25) is 0 Å². The summed E-state index contributed by atoms with van der Waals surface area (Å²) < 4.78 is 0. The van der Waals surface area contributed by atoms with Gasteiger partial charge in [-0.15, -0.1) is 0 Å². The molecular formula is C17H24N4O4. The van der Waals surface area contributed by atoms with Gasteiger partial charge in [-0.05, 0) is 32.1 Å². The fourth-order valence-corrected chi connectivity index (χ4v) is 4.37. The maximum absolute atomic E-state index is 12.6. The predicted molar refractivity (Wildman–Crippen MR) is 87.3 cm³/mol. The second-order valence-corrected chi connectivity index (χ2v) is 7.81. The van der Waals surface area contributed by atoms with Crippen molar-refractivity contribution in [2.45, 2.75) is 44.6 Å². The average molecular weight is 348 g/mol. The third-order valence-corrected chi connectivity index (χ3v) is 5.93. The monoisotopic (exact) mass is 348 g/mol. The Labute approximate surface area is 146 Å². The lowest BCUT2D eigenvalue weighted by Crippen LogP contribution is -2.56. The van der Waals surface area contributed by atoms with E-state index in [1.165, 1.54) is 0 Å². The van der Waals surface area contributed by atoms with Crippen LogP contribution in [0.1, 0.15) is 38.5 Å². The Hall–Kier alpha value is -2.12. The molecule has 4 aliphatic rings. The van der Waals surface area contributed by atoms with E-state index >= 15 is 0 Å². The number of nitrogens with zero attached hydrogens (tertiary/aromatic N) is 3. The van der Waals surface area contributed by atoms with E-state index in [1.807, 2.05) is 4.90 Å². The maximum atomic E-state index is 12.6. The molecule has 1 spiro atoms. The van der Waals surface area contributed by atoms with E-state index in [1.54, 1.807) is 4.90 Å². The van der Waals surface area contributed by atoms with E-state index in [2.05, 4.69) is 5.32 Å². The summed E-state index contributed by atoms with van der Waals surface area (Å²) in [6.45, 7) is 1.79.